The quantitative estimate of drug-likeness (QED) is 0.917. The molecule has 1 aliphatic rings. The van der Waals surface area contributed by atoms with E-state index < -0.39 is 9.84 Å². The molecule has 6 heteroatoms. The Morgan fingerprint density at radius 1 is 1.50 bits per heavy atom. The summed E-state index contributed by atoms with van der Waals surface area (Å²) in [6, 6.07) is 1.88. The highest BCUT2D eigenvalue weighted by Crippen LogP contribution is 2.21. The van der Waals surface area contributed by atoms with Crippen molar-refractivity contribution >= 4 is 27.1 Å². The van der Waals surface area contributed by atoms with Gasteiger partial charge in [-0.15, -0.1) is 11.3 Å². The van der Waals surface area contributed by atoms with Gasteiger partial charge in [0.25, 0.3) is 5.91 Å². The zero-order chi connectivity index (χ0) is 13.3. The molecule has 0 radical (unpaired) electrons. The van der Waals surface area contributed by atoms with E-state index in [9.17, 15) is 13.2 Å². The zero-order valence-corrected chi connectivity index (χ0v) is 12.2. The summed E-state index contributed by atoms with van der Waals surface area (Å²) < 4.78 is 22.6. The third-order valence-electron chi connectivity index (χ3n) is 3.16. The minimum absolute atomic E-state index is 0.0685. The van der Waals surface area contributed by atoms with E-state index in [1.165, 1.54) is 0 Å². The van der Waals surface area contributed by atoms with Gasteiger partial charge in [0.05, 0.1) is 17.1 Å². The maximum atomic E-state index is 11.9. The van der Waals surface area contributed by atoms with Crippen LogP contribution in [-0.2, 0) is 9.84 Å². The van der Waals surface area contributed by atoms with Crippen LogP contribution >= 0.6 is 11.3 Å². The fraction of sp³-hybridized carbons (Fsp3) is 0.583. The normalized spacial score (nSPS) is 22.0. The Hall–Kier alpha value is -0.880. The summed E-state index contributed by atoms with van der Waals surface area (Å²) in [5, 5.41) is 2.84. The van der Waals surface area contributed by atoms with Crippen LogP contribution in [0.1, 0.15) is 26.5 Å². The van der Waals surface area contributed by atoms with Crippen molar-refractivity contribution in [2.24, 2.45) is 5.92 Å². The number of aryl methyl sites for hydroxylation is 2. The number of amides is 1. The monoisotopic (exact) mass is 287 g/mol. The molecular formula is C12H17NO3S2. The SMILES string of the molecule is Cc1cc(C(=O)NCC2CCS(=O)(=O)C2)c(C)s1. The van der Waals surface area contributed by atoms with Crippen molar-refractivity contribution in [3.05, 3.63) is 21.4 Å². The highest BCUT2D eigenvalue weighted by atomic mass is 32.2. The molecule has 100 valence electrons. The maximum absolute atomic E-state index is 11.9. The molecule has 1 saturated heterocycles. The van der Waals surface area contributed by atoms with E-state index in [4.69, 9.17) is 0 Å². The zero-order valence-electron chi connectivity index (χ0n) is 10.5. The molecule has 0 saturated carbocycles. The second-order valence-electron chi connectivity index (χ2n) is 4.81. The first-order valence-corrected chi connectivity index (χ1v) is 8.57. The van der Waals surface area contributed by atoms with Gasteiger partial charge in [0, 0.05) is 16.3 Å². The lowest BCUT2D eigenvalue weighted by molar-refractivity contribution is 0.0948. The molecule has 1 aromatic rings. The number of hydrogen-bond acceptors (Lipinski definition) is 4. The van der Waals surface area contributed by atoms with Gasteiger partial charge in [-0.2, -0.15) is 0 Å². The maximum Gasteiger partial charge on any atom is 0.252 e. The van der Waals surface area contributed by atoms with E-state index in [0.29, 0.717) is 18.5 Å². The Labute approximate surface area is 111 Å². The summed E-state index contributed by atoms with van der Waals surface area (Å²) in [4.78, 5) is 14.1. The van der Waals surface area contributed by atoms with Crippen molar-refractivity contribution in [3.63, 3.8) is 0 Å². The molecule has 0 spiro atoms. The minimum Gasteiger partial charge on any atom is -0.352 e. The Bertz CT molecular complexity index is 560. The van der Waals surface area contributed by atoms with Gasteiger partial charge in [0.1, 0.15) is 0 Å². The lowest BCUT2D eigenvalue weighted by atomic mass is 10.1. The molecule has 1 aliphatic heterocycles. The molecule has 18 heavy (non-hydrogen) atoms. The third-order valence-corrected chi connectivity index (χ3v) is 5.97. The molecule has 1 N–H and O–H groups in total. The number of hydrogen-bond donors (Lipinski definition) is 1. The average molecular weight is 287 g/mol. The third kappa shape index (κ3) is 3.11. The molecular weight excluding hydrogens is 270 g/mol. The lowest BCUT2D eigenvalue weighted by Gasteiger charge is -2.09. The molecule has 2 rings (SSSR count). The van der Waals surface area contributed by atoms with E-state index in [-0.39, 0.29) is 23.3 Å². The van der Waals surface area contributed by atoms with Crippen LogP contribution in [-0.4, -0.2) is 32.4 Å². The Kier molecular flexibility index (Phi) is 3.77. The summed E-state index contributed by atoms with van der Waals surface area (Å²) in [6.45, 7) is 4.34. The summed E-state index contributed by atoms with van der Waals surface area (Å²) in [7, 11) is -2.86. The largest absolute Gasteiger partial charge is 0.352 e. The van der Waals surface area contributed by atoms with Crippen LogP contribution in [0.2, 0.25) is 0 Å². The van der Waals surface area contributed by atoms with Crippen molar-refractivity contribution in [2.45, 2.75) is 20.3 Å². The van der Waals surface area contributed by atoms with E-state index in [1.54, 1.807) is 11.3 Å². The van der Waals surface area contributed by atoms with Gasteiger partial charge in [0.15, 0.2) is 9.84 Å². The first kappa shape index (κ1) is 13.5. The fourth-order valence-corrected chi connectivity index (χ4v) is 5.00. The average Bonchev–Trinajstić information content (AvgIpc) is 2.78. The summed E-state index contributed by atoms with van der Waals surface area (Å²) in [6.07, 6.45) is 0.657. The number of rotatable bonds is 3. The Morgan fingerprint density at radius 3 is 2.72 bits per heavy atom. The molecule has 1 unspecified atom stereocenters. The molecule has 0 aliphatic carbocycles. The van der Waals surface area contributed by atoms with Crippen LogP contribution in [0.3, 0.4) is 0 Å². The predicted molar refractivity (Wildman–Crippen MR) is 72.9 cm³/mol. The number of carbonyl (C=O) groups excluding carboxylic acids is 1. The number of sulfone groups is 1. The van der Waals surface area contributed by atoms with Crippen molar-refractivity contribution in [2.75, 3.05) is 18.1 Å². The van der Waals surface area contributed by atoms with E-state index in [1.807, 2.05) is 19.9 Å². The van der Waals surface area contributed by atoms with E-state index in [0.717, 1.165) is 9.75 Å². The Morgan fingerprint density at radius 2 is 2.22 bits per heavy atom. The molecule has 1 fully saturated rings. The molecule has 1 atom stereocenters. The highest BCUT2D eigenvalue weighted by Gasteiger charge is 2.28. The standard InChI is InChI=1S/C12H17NO3S2/c1-8-5-11(9(2)17-8)12(14)13-6-10-3-4-18(15,16)7-10/h5,10H,3-4,6-7H2,1-2H3,(H,13,14). The van der Waals surface area contributed by atoms with Crippen LogP contribution < -0.4 is 5.32 Å². The van der Waals surface area contributed by atoms with Gasteiger partial charge in [0.2, 0.25) is 0 Å². The van der Waals surface area contributed by atoms with Gasteiger partial charge in [-0.05, 0) is 32.3 Å². The first-order chi connectivity index (χ1) is 8.37. The van der Waals surface area contributed by atoms with Crippen LogP contribution in [0.5, 0.6) is 0 Å². The fourth-order valence-electron chi connectivity index (χ4n) is 2.22. The first-order valence-electron chi connectivity index (χ1n) is 5.93. The van der Waals surface area contributed by atoms with E-state index >= 15 is 0 Å². The molecule has 1 aromatic heterocycles. The minimum atomic E-state index is -2.86. The topological polar surface area (TPSA) is 63.2 Å². The van der Waals surface area contributed by atoms with Crippen molar-refractivity contribution in [1.29, 1.82) is 0 Å². The van der Waals surface area contributed by atoms with Gasteiger partial charge in [-0.1, -0.05) is 0 Å². The van der Waals surface area contributed by atoms with Gasteiger partial charge < -0.3 is 5.32 Å². The molecule has 0 aromatic carbocycles. The van der Waals surface area contributed by atoms with Crippen LogP contribution in [0.25, 0.3) is 0 Å². The number of thiophene rings is 1. The van der Waals surface area contributed by atoms with Crippen molar-refractivity contribution < 1.29 is 13.2 Å². The molecule has 4 nitrogen and oxygen atoms in total. The van der Waals surface area contributed by atoms with Crippen molar-refractivity contribution in [3.8, 4) is 0 Å². The van der Waals surface area contributed by atoms with Gasteiger partial charge >= 0.3 is 0 Å². The molecule has 0 bridgehead atoms. The lowest BCUT2D eigenvalue weighted by Crippen LogP contribution is -2.29. The Balaban J connectivity index is 1.91. The van der Waals surface area contributed by atoms with Crippen LogP contribution in [0, 0.1) is 19.8 Å². The van der Waals surface area contributed by atoms with Gasteiger partial charge in [-0.3, -0.25) is 4.79 Å². The van der Waals surface area contributed by atoms with Crippen LogP contribution in [0.15, 0.2) is 6.07 Å². The summed E-state index contributed by atoms with van der Waals surface area (Å²) in [5.74, 6) is 0.430. The molecule has 2 heterocycles. The number of nitrogens with one attached hydrogen (secondary N) is 1. The highest BCUT2D eigenvalue weighted by molar-refractivity contribution is 7.91. The second kappa shape index (κ2) is 5.01. The van der Waals surface area contributed by atoms with Crippen molar-refractivity contribution in [1.82, 2.24) is 5.32 Å². The van der Waals surface area contributed by atoms with Gasteiger partial charge in [-0.25, -0.2) is 8.42 Å². The smallest absolute Gasteiger partial charge is 0.252 e. The molecule has 1 amide bonds. The summed E-state index contributed by atoms with van der Waals surface area (Å²) >= 11 is 1.60. The van der Waals surface area contributed by atoms with E-state index in [2.05, 4.69) is 5.32 Å². The van der Waals surface area contributed by atoms with Crippen LogP contribution in [0.4, 0.5) is 0 Å². The second-order valence-corrected chi connectivity index (χ2v) is 8.50. The number of carbonyl (C=O) groups is 1. The predicted octanol–water partition coefficient (Wildman–Crippen LogP) is 1.53. The summed E-state index contributed by atoms with van der Waals surface area (Å²) in [5.41, 5.74) is 0.707.